The summed E-state index contributed by atoms with van der Waals surface area (Å²) < 4.78 is 27.2. The van der Waals surface area contributed by atoms with E-state index >= 15 is 0 Å². The zero-order valence-electron chi connectivity index (χ0n) is 11.4. The van der Waals surface area contributed by atoms with Crippen molar-refractivity contribution >= 4 is 8.80 Å². The van der Waals surface area contributed by atoms with Gasteiger partial charge in [0.15, 0.2) is 0 Å². The predicted molar refractivity (Wildman–Crippen MR) is 66.0 cm³/mol. The molecule has 0 saturated carbocycles. The summed E-state index contributed by atoms with van der Waals surface area (Å²) in [5.74, 6) is 0. The van der Waals surface area contributed by atoms with Crippen LogP contribution in [0.5, 0.6) is 0 Å². The topological polar surface area (TPSA) is 49.5 Å². The minimum absolute atomic E-state index is 0.154. The lowest BCUT2D eigenvalue weighted by molar-refractivity contribution is 0.0392. The predicted octanol–water partition coefficient (Wildman–Crippen LogP) is 1.45. The van der Waals surface area contributed by atoms with Crippen molar-refractivity contribution in [1.29, 1.82) is 0 Å². The van der Waals surface area contributed by atoms with Crippen LogP contribution in [0, 0.1) is 0 Å². The molecule has 0 aromatic carbocycles. The third-order valence-corrected chi connectivity index (χ3v) is 6.26. The fourth-order valence-corrected chi connectivity index (χ4v) is 4.33. The number of hydrogen-bond acceptors (Lipinski definition) is 5. The van der Waals surface area contributed by atoms with E-state index in [4.69, 9.17) is 22.8 Å². The molecule has 0 bridgehead atoms. The van der Waals surface area contributed by atoms with Crippen molar-refractivity contribution in [2.45, 2.75) is 38.0 Å². The van der Waals surface area contributed by atoms with E-state index in [0.717, 1.165) is 13.0 Å². The van der Waals surface area contributed by atoms with E-state index in [0.29, 0.717) is 12.7 Å². The molecule has 3 unspecified atom stereocenters. The van der Waals surface area contributed by atoms with Gasteiger partial charge in [0.2, 0.25) is 0 Å². The number of hydrogen-bond donors (Lipinski definition) is 0. The second-order valence-corrected chi connectivity index (χ2v) is 7.87. The van der Waals surface area contributed by atoms with Gasteiger partial charge in [0.25, 0.3) is 0 Å². The average Bonchev–Trinajstić information content (AvgIpc) is 3.13. The molecule has 6 heteroatoms. The second-order valence-electron chi connectivity index (χ2n) is 4.45. The molecule has 1 rings (SSSR count). The van der Waals surface area contributed by atoms with Crippen LogP contribution in [0.4, 0.5) is 0 Å². The molecule has 1 saturated heterocycles. The minimum atomic E-state index is -2.54. The van der Waals surface area contributed by atoms with Crippen LogP contribution in [0.15, 0.2) is 0 Å². The molecule has 0 spiro atoms. The molecule has 0 N–H and O–H groups in total. The molecule has 0 aromatic rings. The van der Waals surface area contributed by atoms with Crippen LogP contribution in [-0.4, -0.2) is 55.6 Å². The molecule has 5 nitrogen and oxygen atoms in total. The first-order valence-electron chi connectivity index (χ1n) is 5.96. The van der Waals surface area contributed by atoms with Gasteiger partial charge in [-0.15, -0.1) is 0 Å². The van der Waals surface area contributed by atoms with Crippen molar-refractivity contribution in [1.82, 2.24) is 0 Å². The second kappa shape index (κ2) is 6.82. The Morgan fingerprint density at radius 1 is 1.18 bits per heavy atom. The first-order chi connectivity index (χ1) is 8.07. The van der Waals surface area contributed by atoms with Crippen LogP contribution in [0.1, 0.15) is 20.3 Å². The molecule has 0 radical (unpaired) electrons. The van der Waals surface area contributed by atoms with E-state index in [9.17, 15) is 0 Å². The number of rotatable bonds is 9. The van der Waals surface area contributed by atoms with E-state index in [1.54, 1.807) is 21.3 Å². The van der Waals surface area contributed by atoms with E-state index in [2.05, 4.69) is 13.8 Å². The highest BCUT2D eigenvalue weighted by Crippen LogP contribution is 2.29. The Morgan fingerprint density at radius 2 is 1.71 bits per heavy atom. The van der Waals surface area contributed by atoms with Gasteiger partial charge in [-0.25, -0.2) is 0 Å². The molecule has 0 amide bonds. The summed E-state index contributed by atoms with van der Waals surface area (Å²) in [6, 6.07) is 0. The van der Waals surface area contributed by atoms with Crippen LogP contribution in [0.3, 0.4) is 0 Å². The molecule has 1 fully saturated rings. The molecule has 3 atom stereocenters. The zero-order chi connectivity index (χ0) is 12.9. The first kappa shape index (κ1) is 15.1. The van der Waals surface area contributed by atoms with Gasteiger partial charge in [0.1, 0.15) is 6.10 Å². The summed E-state index contributed by atoms with van der Waals surface area (Å²) in [7, 11) is 2.38. The Bertz CT molecular complexity index is 210. The van der Waals surface area contributed by atoms with E-state index in [1.807, 2.05) is 0 Å². The maximum absolute atomic E-state index is 5.70. The Morgan fingerprint density at radius 3 is 2.12 bits per heavy atom. The van der Waals surface area contributed by atoms with Crippen molar-refractivity contribution in [2.24, 2.45) is 0 Å². The Balaban J connectivity index is 2.35. The van der Waals surface area contributed by atoms with Crippen LogP contribution < -0.4 is 0 Å². The van der Waals surface area contributed by atoms with Crippen molar-refractivity contribution in [2.75, 3.05) is 34.5 Å². The standard InChI is InChI=1S/C11H24O5Si/c1-9(15-7-11-8-16-11)6-10(2)17(12-3,13-4)14-5/h9-11H,6-8H2,1-5H3. The summed E-state index contributed by atoms with van der Waals surface area (Å²) in [6.45, 7) is 5.64. The summed E-state index contributed by atoms with van der Waals surface area (Å²) in [4.78, 5) is 0. The highest BCUT2D eigenvalue weighted by Gasteiger charge is 2.45. The molecule has 1 aliphatic heterocycles. The van der Waals surface area contributed by atoms with Crippen LogP contribution >= 0.6 is 0 Å². The fraction of sp³-hybridized carbons (Fsp3) is 1.00. The maximum atomic E-state index is 5.70. The SMILES string of the molecule is CO[Si](OC)(OC)C(C)CC(C)OCC1CO1. The molecule has 102 valence electrons. The van der Waals surface area contributed by atoms with Gasteiger partial charge in [-0.3, -0.25) is 0 Å². The normalized spacial score (nSPS) is 23.5. The van der Waals surface area contributed by atoms with Crippen LogP contribution in [-0.2, 0) is 22.8 Å². The van der Waals surface area contributed by atoms with Gasteiger partial charge >= 0.3 is 8.80 Å². The zero-order valence-corrected chi connectivity index (χ0v) is 12.4. The highest BCUT2D eigenvalue weighted by atomic mass is 28.4. The van der Waals surface area contributed by atoms with Crippen molar-refractivity contribution in [3.63, 3.8) is 0 Å². The Hall–Kier alpha value is 0.0169. The van der Waals surface area contributed by atoms with Gasteiger partial charge in [0.05, 0.1) is 19.3 Å². The average molecular weight is 264 g/mol. The van der Waals surface area contributed by atoms with Gasteiger partial charge < -0.3 is 22.8 Å². The largest absolute Gasteiger partial charge is 0.503 e. The maximum Gasteiger partial charge on any atom is 0.503 e. The lowest BCUT2D eigenvalue weighted by Crippen LogP contribution is -2.47. The van der Waals surface area contributed by atoms with Gasteiger partial charge in [0, 0.05) is 26.9 Å². The quantitative estimate of drug-likeness (QED) is 0.466. The summed E-state index contributed by atoms with van der Waals surface area (Å²) >= 11 is 0. The minimum Gasteiger partial charge on any atom is -0.377 e. The molecular formula is C11H24O5Si. The van der Waals surface area contributed by atoms with Crippen molar-refractivity contribution < 1.29 is 22.8 Å². The van der Waals surface area contributed by atoms with Gasteiger partial charge in [-0.05, 0) is 13.3 Å². The molecule has 1 heterocycles. The van der Waals surface area contributed by atoms with Crippen molar-refractivity contribution in [3.05, 3.63) is 0 Å². The summed E-state index contributed by atoms with van der Waals surface area (Å²) in [5.41, 5.74) is 0.206. The van der Waals surface area contributed by atoms with Crippen LogP contribution in [0.2, 0.25) is 5.54 Å². The van der Waals surface area contributed by atoms with Gasteiger partial charge in [-0.2, -0.15) is 0 Å². The van der Waals surface area contributed by atoms with E-state index < -0.39 is 8.80 Å². The Labute approximate surface area is 105 Å². The van der Waals surface area contributed by atoms with Crippen molar-refractivity contribution in [3.8, 4) is 0 Å². The molecule has 1 aliphatic rings. The molecular weight excluding hydrogens is 240 g/mol. The first-order valence-corrected chi connectivity index (χ1v) is 7.76. The smallest absolute Gasteiger partial charge is 0.377 e. The number of epoxide rings is 1. The summed E-state index contributed by atoms with van der Waals surface area (Å²) in [5, 5.41) is 0. The third-order valence-electron chi connectivity index (χ3n) is 3.11. The van der Waals surface area contributed by atoms with E-state index in [-0.39, 0.29) is 11.6 Å². The molecule has 0 aromatic heterocycles. The summed E-state index contributed by atoms with van der Waals surface area (Å²) in [6.07, 6.45) is 1.32. The van der Waals surface area contributed by atoms with E-state index in [1.165, 1.54) is 0 Å². The molecule has 0 aliphatic carbocycles. The van der Waals surface area contributed by atoms with Crippen LogP contribution in [0.25, 0.3) is 0 Å². The lowest BCUT2D eigenvalue weighted by Gasteiger charge is -2.31. The lowest BCUT2D eigenvalue weighted by atomic mass is 10.2. The number of ether oxygens (including phenoxy) is 2. The fourth-order valence-electron chi connectivity index (χ4n) is 2.00. The molecule has 17 heavy (non-hydrogen) atoms. The third kappa shape index (κ3) is 4.31. The van der Waals surface area contributed by atoms with Gasteiger partial charge in [-0.1, -0.05) is 6.92 Å². The highest BCUT2D eigenvalue weighted by molar-refractivity contribution is 6.62. The Kier molecular flexibility index (Phi) is 6.05. The monoisotopic (exact) mass is 264 g/mol.